The largest absolute Gasteiger partial charge is 0.506 e. The van der Waals surface area contributed by atoms with Crippen molar-refractivity contribution in [3.63, 3.8) is 0 Å². The molecule has 0 saturated heterocycles. The molecule has 0 fully saturated rings. The van der Waals surface area contributed by atoms with Gasteiger partial charge in [-0.05, 0) is 24.3 Å². The average molecular weight is 272 g/mol. The molecule has 0 aliphatic heterocycles. The van der Waals surface area contributed by atoms with E-state index in [2.05, 4.69) is 5.32 Å². The number of phenols is 1. The maximum atomic E-state index is 10.6. The summed E-state index contributed by atoms with van der Waals surface area (Å²) >= 11 is 0. The Hall–Kier alpha value is -2.89. The summed E-state index contributed by atoms with van der Waals surface area (Å²) in [6.07, 6.45) is 6.70. The summed E-state index contributed by atoms with van der Waals surface area (Å²) < 4.78 is 0. The summed E-state index contributed by atoms with van der Waals surface area (Å²) in [7, 11) is 0. The second kappa shape index (κ2) is 6.89. The lowest BCUT2D eigenvalue weighted by atomic mass is 10.1. The van der Waals surface area contributed by atoms with Crippen LogP contribution in [0.3, 0.4) is 0 Å². The highest BCUT2D eigenvalue weighted by Gasteiger charge is 1.99. The minimum Gasteiger partial charge on any atom is -0.506 e. The molecule has 6 nitrogen and oxygen atoms in total. The van der Waals surface area contributed by atoms with Crippen LogP contribution in [0.1, 0.15) is 6.92 Å². The number of hydrogen-bond donors (Lipinski definition) is 5. The van der Waals surface area contributed by atoms with Crippen molar-refractivity contribution in [2.45, 2.75) is 6.92 Å². The van der Waals surface area contributed by atoms with Crippen LogP contribution in [-0.2, 0) is 4.79 Å². The Morgan fingerprint density at radius 1 is 1.20 bits per heavy atom. The molecule has 0 spiro atoms. The first-order chi connectivity index (χ1) is 9.40. The molecule has 1 amide bonds. The maximum Gasteiger partial charge on any atom is 0.221 e. The van der Waals surface area contributed by atoms with Gasteiger partial charge in [-0.2, -0.15) is 0 Å². The van der Waals surface area contributed by atoms with E-state index in [1.165, 1.54) is 19.1 Å². The molecule has 1 aromatic carbocycles. The maximum absolute atomic E-state index is 10.6. The molecule has 0 saturated carbocycles. The van der Waals surface area contributed by atoms with Crippen LogP contribution in [0, 0.1) is 10.8 Å². The third-order valence-corrected chi connectivity index (χ3v) is 2.28. The van der Waals surface area contributed by atoms with Crippen LogP contribution >= 0.6 is 0 Å². The highest BCUT2D eigenvalue weighted by molar-refractivity contribution is 6.48. The number of nitrogen functional groups attached to an aromatic ring is 1. The lowest BCUT2D eigenvalue weighted by Gasteiger charge is -2.03. The molecule has 104 valence electrons. The minimum absolute atomic E-state index is 0.0266. The van der Waals surface area contributed by atoms with Crippen LogP contribution in [0.4, 0.5) is 11.4 Å². The van der Waals surface area contributed by atoms with Crippen molar-refractivity contribution in [2.75, 3.05) is 11.1 Å². The van der Waals surface area contributed by atoms with Gasteiger partial charge in [0, 0.05) is 18.7 Å². The number of anilines is 2. The molecule has 0 bridgehead atoms. The number of nitrogens with one attached hydrogen (secondary N) is 3. The molecule has 0 heterocycles. The molecule has 1 aromatic rings. The Morgan fingerprint density at radius 2 is 1.75 bits per heavy atom. The number of nitrogens with two attached hydrogens (primary N) is 1. The van der Waals surface area contributed by atoms with Gasteiger partial charge in [-0.25, -0.2) is 0 Å². The van der Waals surface area contributed by atoms with Gasteiger partial charge in [0.2, 0.25) is 5.91 Å². The zero-order chi connectivity index (χ0) is 15.1. The highest BCUT2D eigenvalue weighted by atomic mass is 16.3. The van der Waals surface area contributed by atoms with Gasteiger partial charge in [-0.3, -0.25) is 15.6 Å². The van der Waals surface area contributed by atoms with Crippen molar-refractivity contribution >= 4 is 28.7 Å². The Kier molecular flexibility index (Phi) is 5.22. The Labute approximate surface area is 116 Å². The zero-order valence-corrected chi connectivity index (χ0v) is 11.0. The van der Waals surface area contributed by atoms with E-state index in [1.807, 2.05) is 0 Å². The van der Waals surface area contributed by atoms with Gasteiger partial charge in [0.15, 0.2) is 0 Å². The summed E-state index contributed by atoms with van der Waals surface area (Å²) in [5.74, 6) is -0.208. The third kappa shape index (κ3) is 4.77. The van der Waals surface area contributed by atoms with Crippen molar-refractivity contribution in [1.82, 2.24) is 0 Å². The quantitative estimate of drug-likeness (QED) is 0.305. The topological polar surface area (TPSA) is 123 Å². The van der Waals surface area contributed by atoms with E-state index in [4.69, 9.17) is 21.7 Å². The number of benzene rings is 1. The number of amides is 1. The first-order valence-corrected chi connectivity index (χ1v) is 5.78. The molecule has 2 rings (SSSR count). The van der Waals surface area contributed by atoms with Crippen molar-refractivity contribution < 1.29 is 9.90 Å². The molecule has 1 aliphatic rings. The minimum atomic E-state index is -0.181. The molecular weight excluding hydrogens is 256 g/mol. The predicted octanol–water partition coefficient (Wildman–Crippen LogP) is 2.08. The second-order valence-electron chi connectivity index (χ2n) is 4.00. The van der Waals surface area contributed by atoms with Gasteiger partial charge in [-0.1, -0.05) is 12.2 Å². The molecule has 20 heavy (non-hydrogen) atoms. The van der Waals surface area contributed by atoms with Crippen molar-refractivity contribution in [3.05, 3.63) is 42.5 Å². The van der Waals surface area contributed by atoms with E-state index in [1.54, 1.807) is 30.4 Å². The van der Waals surface area contributed by atoms with E-state index in [0.29, 0.717) is 11.4 Å². The second-order valence-corrected chi connectivity index (χ2v) is 4.00. The number of carbonyl (C=O) groups is 1. The van der Waals surface area contributed by atoms with E-state index >= 15 is 0 Å². The van der Waals surface area contributed by atoms with E-state index < -0.39 is 0 Å². The molecule has 1 aliphatic carbocycles. The summed E-state index contributed by atoms with van der Waals surface area (Å²) in [6.45, 7) is 1.40. The van der Waals surface area contributed by atoms with Gasteiger partial charge < -0.3 is 16.2 Å². The first-order valence-electron chi connectivity index (χ1n) is 5.78. The average Bonchev–Trinajstić information content (AvgIpc) is 2.38. The number of rotatable bonds is 1. The normalized spacial score (nSPS) is 12.7. The van der Waals surface area contributed by atoms with Crippen molar-refractivity contribution in [3.8, 4) is 5.75 Å². The van der Waals surface area contributed by atoms with Crippen molar-refractivity contribution in [2.24, 2.45) is 0 Å². The zero-order valence-electron chi connectivity index (χ0n) is 11.0. The van der Waals surface area contributed by atoms with Gasteiger partial charge in [0.25, 0.3) is 0 Å². The van der Waals surface area contributed by atoms with Crippen LogP contribution in [0.2, 0.25) is 0 Å². The fourth-order valence-electron chi connectivity index (χ4n) is 1.31. The highest BCUT2D eigenvalue weighted by Crippen LogP contribution is 2.23. The molecule has 0 aromatic heterocycles. The van der Waals surface area contributed by atoms with E-state index in [9.17, 15) is 4.79 Å². The summed E-state index contributed by atoms with van der Waals surface area (Å²) in [6, 6.07) is 4.55. The molecule has 6 heteroatoms. The molecule has 0 unspecified atom stereocenters. The number of phenolic OH excluding ortho intramolecular Hbond substituents is 1. The summed E-state index contributed by atoms with van der Waals surface area (Å²) in [5, 5.41) is 25.7. The number of allylic oxidation sites excluding steroid dienone is 4. The Balaban J connectivity index is 0.000000217. The molecule has 0 atom stereocenters. The molecule has 6 N–H and O–H groups in total. The third-order valence-electron chi connectivity index (χ3n) is 2.28. The van der Waals surface area contributed by atoms with Gasteiger partial charge >= 0.3 is 0 Å². The number of hydrogen-bond acceptors (Lipinski definition) is 5. The SMILES string of the molecule is CC(=O)Nc1ccc(N)c(O)c1.N=C1C=CC=CC1=N. The summed E-state index contributed by atoms with van der Waals surface area (Å²) in [4.78, 5) is 10.6. The summed E-state index contributed by atoms with van der Waals surface area (Å²) in [5.41, 5.74) is 6.76. The van der Waals surface area contributed by atoms with Crippen molar-refractivity contribution in [1.29, 1.82) is 10.8 Å². The van der Waals surface area contributed by atoms with E-state index in [-0.39, 0.29) is 23.1 Å². The van der Waals surface area contributed by atoms with Crippen LogP contribution in [0.25, 0.3) is 0 Å². The standard InChI is InChI=1S/C8H10N2O2.C6H6N2/c1-5(11)10-6-2-3-7(9)8(12)4-6;7-5-3-1-2-4-6(5)8/h2-4,12H,9H2,1H3,(H,10,11);1-4,7-8H. The van der Waals surface area contributed by atoms with Crippen LogP contribution in [0.5, 0.6) is 5.75 Å². The van der Waals surface area contributed by atoms with Gasteiger partial charge in [0.1, 0.15) is 5.75 Å². The fourth-order valence-corrected chi connectivity index (χ4v) is 1.31. The lowest BCUT2D eigenvalue weighted by Crippen LogP contribution is -2.06. The molecule has 0 radical (unpaired) electrons. The van der Waals surface area contributed by atoms with Gasteiger partial charge in [-0.15, -0.1) is 0 Å². The monoisotopic (exact) mass is 272 g/mol. The van der Waals surface area contributed by atoms with E-state index in [0.717, 1.165) is 0 Å². The lowest BCUT2D eigenvalue weighted by molar-refractivity contribution is -0.114. The molecular formula is C14H16N4O2. The van der Waals surface area contributed by atoms with Crippen LogP contribution in [0.15, 0.2) is 42.5 Å². The van der Waals surface area contributed by atoms with Crippen LogP contribution < -0.4 is 11.1 Å². The van der Waals surface area contributed by atoms with Crippen LogP contribution in [-0.4, -0.2) is 22.4 Å². The smallest absolute Gasteiger partial charge is 0.221 e. The predicted molar refractivity (Wildman–Crippen MR) is 80.6 cm³/mol. The fraction of sp³-hybridized carbons (Fsp3) is 0.0714. The number of aromatic hydroxyl groups is 1. The first kappa shape index (κ1) is 15.2. The number of carbonyl (C=O) groups excluding carboxylic acids is 1. The Morgan fingerprint density at radius 3 is 2.15 bits per heavy atom. The Bertz CT molecular complexity index is 581. The van der Waals surface area contributed by atoms with Gasteiger partial charge in [0.05, 0.1) is 17.1 Å².